The van der Waals surface area contributed by atoms with Crippen molar-refractivity contribution in [3.8, 4) is 0 Å². The average molecular weight is 269 g/mol. The summed E-state index contributed by atoms with van der Waals surface area (Å²) in [6.07, 6.45) is 6.10. The van der Waals surface area contributed by atoms with Crippen molar-refractivity contribution in [2.75, 3.05) is 25.5 Å². The molecule has 1 aromatic heterocycles. The van der Waals surface area contributed by atoms with E-state index in [-0.39, 0.29) is 0 Å². The number of allylic oxidation sites excluding steroid dienone is 1. The summed E-state index contributed by atoms with van der Waals surface area (Å²) in [4.78, 5) is 6.90. The van der Waals surface area contributed by atoms with Crippen molar-refractivity contribution in [2.45, 2.75) is 19.4 Å². The van der Waals surface area contributed by atoms with Crippen LogP contribution >= 0.6 is 0 Å². The molecule has 0 spiro atoms. The van der Waals surface area contributed by atoms with Crippen LogP contribution in [0.25, 0.3) is 10.8 Å². The van der Waals surface area contributed by atoms with Gasteiger partial charge >= 0.3 is 0 Å². The summed E-state index contributed by atoms with van der Waals surface area (Å²) in [6.45, 7) is 5.61. The fourth-order valence-electron chi connectivity index (χ4n) is 2.45. The zero-order valence-corrected chi connectivity index (χ0v) is 12.4. The number of benzene rings is 1. The zero-order valence-electron chi connectivity index (χ0n) is 12.4. The van der Waals surface area contributed by atoms with Crippen LogP contribution in [-0.2, 0) is 6.54 Å². The molecule has 0 bridgehead atoms. The van der Waals surface area contributed by atoms with Gasteiger partial charge in [-0.05, 0) is 30.8 Å². The number of unbranched alkanes of at least 4 members (excludes halogenated alkanes) is 1. The quantitative estimate of drug-likeness (QED) is 0.617. The number of rotatable bonds is 7. The molecular formula is C17H23N3. The highest BCUT2D eigenvalue weighted by Gasteiger charge is 2.10. The highest BCUT2D eigenvalue weighted by molar-refractivity contribution is 5.94. The molecule has 20 heavy (non-hydrogen) atoms. The first-order valence-electron chi connectivity index (χ1n) is 7.11. The molecule has 0 saturated carbocycles. The number of anilines is 1. The van der Waals surface area contributed by atoms with Gasteiger partial charge < -0.3 is 10.2 Å². The van der Waals surface area contributed by atoms with Crippen molar-refractivity contribution in [1.82, 2.24) is 10.3 Å². The van der Waals surface area contributed by atoms with E-state index in [9.17, 15) is 0 Å². The number of fused-ring (bicyclic) bond motifs is 1. The molecular weight excluding hydrogens is 246 g/mol. The van der Waals surface area contributed by atoms with E-state index in [1.807, 2.05) is 19.3 Å². The minimum atomic E-state index is 0.841. The minimum absolute atomic E-state index is 0.841. The van der Waals surface area contributed by atoms with Gasteiger partial charge in [0.1, 0.15) is 5.82 Å². The molecule has 1 aromatic carbocycles. The van der Waals surface area contributed by atoms with Crippen LogP contribution in [0.4, 0.5) is 5.82 Å². The lowest BCUT2D eigenvalue weighted by Crippen LogP contribution is -2.20. The third-order valence-corrected chi connectivity index (χ3v) is 3.49. The van der Waals surface area contributed by atoms with Gasteiger partial charge in [-0.25, -0.2) is 4.98 Å². The molecule has 0 aliphatic rings. The Morgan fingerprint density at radius 2 is 2.05 bits per heavy atom. The number of nitrogens with one attached hydrogen (secondary N) is 1. The molecule has 2 aromatic rings. The highest BCUT2D eigenvalue weighted by atomic mass is 15.2. The Balaban J connectivity index is 2.34. The molecule has 0 unspecified atom stereocenters. The van der Waals surface area contributed by atoms with E-state index in [2.05, 4.69) is 53.1 Å². The third kappa shape index (κ3) is 3.17. The lowest BCUT2D eigenvalue weighted by molar-refractivity contribution is 0.791. The van der Waals surface area contributed by atoms with Gasteiger partial charge in [-0.2, -0.15) is 0 Å². The number of hydrogen-bond acceptors (Lipinski definition) is 3. The Kier molecular flexibility index (Phi) is 5.13. The standard InChI is InChI=1S/C17H23N3/c1-4-5-8-11-20(3)17-16-10-7-6-9-15(16)14(12-18-2)13-19-17/h4,6-7,9-10,13,18H,1,5,8,11-12H2,2-3H3. The Labute approximate surface area is 121 Å². The summed E-state index contributed by atoms with van der Waals surface area (Å²) in [5, 5.41) is 5.71. The topological polar surface area (TPSA) is 28.2 Å². The van der Waals surface area contributed by atoms with Crippen LogP contribution in [0, 0.1) is 0 Å². The summed E-state index contributed by atoms with van der Waals surface area (Å²) in [5.41, 5.74) is 1.24. The van der Waals surface area contributed by atoms with E-state index in [0.29, 0.717) is 0 Å². The number of hydrogen-bond donors (Lipinski definition) is 1. The third-order valence-electron chi connectivity index (χ3n) is 3.49. The second-order valence-corrected chi connectivity index (χ2v) is 5.04. The van der Waals surface area contributed by atoms with Gasteiger partial charge in [0.25, 0.3) is 0 Å². The highest BCUT2D eigenvalue weighted by Crippen LogP contribution is 2.26. The molecule has 1 N–H and O–H groups in total. The molecule has 1 heterocycles. The lowest BCUT2D eigenvalue weighted by atomic mass is 10.1. The largest absolute Gasteiger partial charge is 0.359 e. The normalized spacial score (nSPS) is 10.7. The number of aromatic nitrogens is 1. The first-order chi connectivity index (χ1) is 9.77. The van der Waals surface area contributed by atoms with Crippen LogP contribution in [-0.4, -0.2) is 25.6 Å². The van der Waals surface area contributed by atoms with Crippen molar-refractivity contribution >= 4 is 16.6 Å². The molecule has 2 rings (SSSR count). The van der Waals surface area contributed by atoms with Crippen LogP contribution in [0.3, 0.4) is 0 Å². The van der Waals surface area contributed by atoms with Crippen LogP contribution in [0.1, 0.15) is 18.4 Å². The molecule has 3 nitrogen and oxygen atoms in total. The van der Waals surface area contributed by atoms with E-state index >= 15 is 0 Å². The Bertz CT molecular complexity index is 577. The first-order valence-corrected chi connectivity index (χ1v) is 7.11. The predicted octanol–water partition coefficient (Wildman–Crippen LogP) is 3.36. The molecule has 0 aliphatic heterocycles. The number of nitrogens with zero attached hydrogens (tertiary/aromatic N) is 2. The minimum Gasteiger partial charge on any atom is -0.359 e. The Morgan fingerprint density at radius 1 is 1.30 bits per heavy atom. The summed E-state index contributed by atoms with van der Waals surface area (Å²) in [7, 11) is 4.07. The molecule has 0 atom stereocenters. The van der Waals surface area contributed by atoms with Gasteiger partial charge in [0.15, 0.2) is 0 Å². The van der Waals surface area contributed by atoms with E-state index in [0.717, 1.165) is 31.7 Å². The maximum absolute atomic E-state index is 4.66. The SMILES string of the molecule is C=CCCCN(C)c1ncc(CNC)c2ccccc12. The summed E-state index contributed by atoms with van der Waals surface area (Å²) in [6, 6.07) is 8.49. The smallest absolute Gasteiger partial charge is 0.136 e. The van der Waals surface area contributed by atoms with Gasteiger partial charge in [-0.15, -0.1) is 6.58 Å². The fraction of sp³-hybridized carbons (Fsp3) is 0.353. The van der Waals surface area contributed by atoms with E-state index in [1.54, 1.807) is 0 Å². The second kappa shape index (κ2) is 7.06. The fourth-order valence-corrected chi connectivity index (χ4v) is 2.45. The molecule has 3 heteroatoms. The first kappa shape index (κ1) is 14.5. The van der Waals surface area contributed by atoms with E-state index in [4.69, 9.17) is 0 Å². The van der Waals surface area contributed by atoms with Crippen molar-refractivity contribution in [1.29, 1.82) is 0 Å². The van der Waals surface area contributed by atoms with E-state index < -0.39 is 0 Å². The predicted molar refractivity (Wildman–Crippen MR) is 87.2 cm³/mol. The molecule has 0 amide bonds. The van der Waals surface area contributed by atoms with Crippen LogP contribution in [0.2, 0.25) is 0 Å². The van der Waals surface area contributed by atoms with Crippen molar-refractivity contribution in [3.63, 3.8) is 0 Å². The average Bonchev–Trinajstić information content (AvgIpc) is 2.48. The molecule has 106 valence electrons. The van der Waals surface area contributed by atoms with Crippen LogP contribution < -0.4 is 10.2 Å². The molecule has 0 fully saturated rings. The summed E-state index contributed by atoms with van der Waals surface area (Å²) < 4.78 is 0. The van der Waals surface area contributed by atoms with Crippen LogP contribution in [0.15, 0.2) is 43.1 Å². The molecule has 0 saturated heterocycles. The Morgan fingerprint density at radius 3 is 2.75 bits per heavy atom. The molecule has 0 aliphatic carbocycles. The lowest BCUT2D eigenvalue weighted by Gasteiger charge is -2.20. The van der Waals surface area contributed by atoms with Gasteiger partial charge in [0, 0.05) is 31.7 Å². The van der Waals surface area contributed by atoms with Gasteiger partial charge in [0.2, 0.25) is 0 Å². The Hall–Kier alpha value is -1.87. The van der Waals surface area contributed by atoms with Gasteiger partial charge in [-0.3, -0.25) is 0 Å². The van der Waals surface area contributed by atoms with Gasteiger partial charge in [0.05, 0.1) is 0 Å². The van der Waals surface area contributed by atoms with Crippen molar-refractivity contribution in [2.24, 2.45) is 0 Å². The summed E-state index contributed by atoms with van der Waals surface area (Å²) >= 11 is 0. The maximum Gasteiger partial charge on any atom is 0.136 e. The van der Waals surface area contributed by atoms with E-state index in [1.165, 1.54) is 16.3 Å². The van der Waals surface area contributed by atoms with Crippen molar-refractivity contribution < 1.29 is 0 Å². The zero-order chi connectivity index (χ0) is 14.4. The number of pyridine rings is 1. The van der Waals surface area contributed by atoms with Crippen LogP contribution in [0.5, 0.6) is 0 Å². The second-order valence-electron chi connectivity index (χ2n) is 5.04. The summed E-state index contributed by atoms with van der Waals surface area (Å²) in [5.74, 6) is 1.06. The van der Waals surface area contributed by atoms with Crippen molar-refractivity contribution in [3.05, 3.63) is 48.7 Å². The van der Waals surface area contributed by atoms with Gasteiger partial charge in [-0.1, -0.05) is 30.3 Å². The molecule has 0 radical (unpaired) electrons. The monoisotopic (exact) mass is 269 g/mol. The maximum atomic E-state index is 4.66.